The number of aldehydes is 1. The third-order valence-electron chi connectivity index (χ3n) is 2.54. The number of benzene rings is 1. The number of carbonyl (C=O) groups excluding carboxylic acids is 2. The number of nitrogens with zero attached hydrogens (tertiary/aromatic N) is 1. The molecule has 0 amide bonds. The lowest BCUT2D eigenvalue weighted by Crippen LogP contribution is -2.04. The Bertz CT molecular complexity index is 546. The first-order chi connectivity index (χ1) is 9.97. The maximum absolute atomic E-state index is 10.9. The maximum atomic E-state index is 10.9. The Labute approximate surface area is 125 Å². The molecule has 0 radical (unpaired) electrons. The van der Waals surface area contributed by atoms with E-state index in [1.807, 2.05) is 0 Å². The average Bonchev–Trinajstić information content (AvgIpc) is 2.43. The van der Waals surface area contributed by atoms with Gasteiger partial charge in [-0.1, -0.05) is 11.6 Å². The molecule has 0 aromatic heterocycles. The number of halogens is 1. The second-order valence-corrected chi connectivity index (χ2v) is 4.46. The molecule has 0 bridgehead atoms. The predicted molar refractivity (Wildman–Crippen MR) is 74.9 cm³/mol. The van der Waals surface area contributed by atoms with Gasteiger partial charge >= 0.3 is 5.97 Å². The monoisotopic (exact) mass is 315 g/mol. The van der Waals surface area contributed by atoms with Crippen LogP contribution in [0.5, 0.6) is 5.75 Å². The summed E-state index contributed by atoms with van der Waals surface area (Å²) < 4.78 is 10.1. The molecule has 21 heavy (non-hydrogen) atoms. The first kappa shape index (κ1) is 16.9. The highest BCUT2D eigenvalue weighted by atomic mass is 35.5. The van der Waals surface area contributed by atoms with Gasteiger partial charge in [-0.3, -0.25) is 19.7 Å². The summed E-state index contributed by atoms with van der Waals surface area (Å²) in [6.45, 7) is 1.91. The van der Waals surface area contributed by atoms with E-state index in [1.54, 1.807) is 0 Å². The molecule has 1 aromatic carbocycles. The first-order valence-corrected chi connectivity index (χ1v) is 6.53. The Balaban J connectivity index is 2.58. The van der Waals surface area contributed by atoms with Crippen LogP contribution in [0.1, 0.15) is 30.1 Å². The molecule has 0 unspecified atom stereocenters. The summed E-state index contributed by atoms with van der Waals surface area (Å²) in [6.07, 6.45) is 1.55. The molecule has 0 spiro atoms. The molecule has 0 saturated carbocycles. The van der Waals surface area contributed by atoms with Gasteiger partial charge in [0.2, 0.25) is 0 Å². The quantitative estimate of drug-likeness (QED) is 0.240. The molecule has 7 nitrogen and oxygen atoms in total. The van der Waals surface area contributed by atoms with E-state index in [2.05, 4.69) is 0 Å². The van der Waals surface area contributed by atoms with E-state index in [-0.39, 0.29) is 34.6 Å². The number of nitro benzene ring substituents is 1. The minimum atomic E-state index is -0.682. The number of carbonyl (C=O) groups is 2. The zero-order valence-corrected chi connectivity index (χ0v) is 12.1. The van der Waals surface area contributed by atoms with E-state index in [4.69, 9.17) is 21.1 Å². The van der Waals surface area contributed by atoms with Crippen LogP contribution in [0, 0.1) is 10.1 Å². The minimum Gasteiger partial charge on any atom is -0.492 e. The Kier molecular flexibility index (Phi) is 6.61. The number of esters is 1. The van der Waals surface area contributed by atoms with Crippen molar-refractivity contribution in [2.45, 2.75) is 19.8 Å². The third kappa shape index (κ3) is 5.03. The number of nitro groups is 1. The summed E-state index contributed by atoms with van der Waals surface area (Å²) in [7, 11) is 0. The Morgan fingerprint density at radius 2 is 2.05 bits per heavy atom. The van der Waals surface area contributed by atoms with Crippen molar-refractivity contribution < 1.29 is 24.0 Å². The number of hydrogen-bond acceptors (Lipinski definition) is 6. The molecule has 0 aliphatic rings. The van der Waals surface area contributed by atoms with Gasteiger partial charge in [0, 0.05) is 13.0 Å². The van der Waals surface area contributed by atoms with Gasteiger partial charge in [-0.05, 0) is 18.9 Å². The second kappa shape index (κ2) is 8.21. The fourth-order valence-electron chi connectivity index (χ4n) is 1.55. The summed E-state index contributed by atoms with van der Waals surface area (Å²) >= 11 is 5.91. The van der Waals surface area contributed by atoms with Crippen molar-refractivity contribution in [1.29, 1.82) is 0 Å². The van der Waals surface area contributed by atoms with Crippen LogP contribution in [0.15, 0.2) is 12.1 Å². The summed E-state index contributed by atoms with van der Waals surface area (Å²) in [4.78, 5) is 31.5. The molecule has 8 heteroatoms. The van der Waals surface area contributed by atoms with Crippen LogP contribution in [0.4, 0.5) is 5.69 Å². The molecule has 0 atom stereocenters. The number of rotatable bonds is 8. The van der Waals surface area contributed by atoms with Crippen LogP contribution < -0.4 is 4.74 Å². The summed E-state index contributed by atoms with van der Waals surface area (Å²) in [5.74, 6) is -0.137. The molecular weight excluding hydrogens is 302 g/mol. The molecular formula is C13H14ClNO6. The molecule has 114 valence electrons. The molecule has 1 aromatic rings. The van der Waals surface area contributed by atoms with Crippen LogP contribution in [0.3, 0.4) is 0 Å². The van der Waals surface area contributed by atoms with Gasteiger partial charge in [-0.15, -0.1) is 0 Å². The van der Waals surface area contributed by atoms with Crippen molar-refractivity contribution in [2.24, 2.45) is 0 Å². The van der Waals surface area contributed by atoms with Crippen LogP contribution in [0.2, 0.25) is 5.02 Å². The summed E-state index contributed by atoms with van der Waals surface area (Å²) in [5.41, 5.74) is -0.573. The Hall–Kier alpha value is -2.15. The van der Waals surface area contributed by atoms with Crippen LogP contribution >= 0.6 is 11.6 Å². The van der Waals surface area contributed by atoms with Crippen molar-refractivity contribution in [3.05, 3.63) is 32.8 Å². The zero-order valence-electron chi connectivity index (χ0n) is 11.3. The third-order valence-corrected chi connectivity index (χ3v) is 2.93. The zero-order chi connectivity index (χ0) is 15.8. The highest BCUT2D eigenvalue weighted by Crippen LogP contribution is 2.33. The molecule has 1 rings (SSSR count). The standard InChI is InChI=1S/C13H14ClNO6/c1-9(17)20-6-2-3-7-21-12-5-4-11(15(18)19)10(8-16)13(12)14/h4-5,8H,2-3,6-7H2,1H3. The largest absolute Gasteiger partial charge is 0.492 e. The normalized spacial score (nSPS) is 10.0. The smallest absolute Gasteiger partial charge is 0.302 e. The van der Waals surface area contributed by atoms with Crippen molar-refractivity contribution in [1.82, 2.24) is 0 Å². The highest BCUT2D eigenvalue weighted by molar-refractivity contribution is 6.34. The Morgan fingerprint density at radius 1 is 1.38 bits per heavy atom. The molecule has 0 fully saturated rings. The van der Waals surface area contributed by atoms with E-state index in [0.717, 1.165) is 0 Å². The lowest BCUT2D eigenvalue weighted by Gasteiger charge is -2.09. The lowest BCUT2D eigenvalue weighted by atomic mass is 10.2. The summed E-state index contributed by atoms with van der Waals surface area (Å²) in [6, 6.07) is 2.52. The molecule has 0 aliphatic heterocycles. The van der Waals surface area contributed by atoms with E-state index in [0.29, 0.717) is 25.7 Å². The van der Waals surface area contributed by atoms with Gasteiger partial charge in [-0.2, -0.15) is 0 Å². The van der Waals surface area contributed by atoms with Crippen molar-refractivity contribution >= 4 is 29.5 Å². The SMILES string of the molecule is CC(=O)OCCCCOc1ccc([N+](=O)[O-])c(C=O)c1Cl. The van der Waals surface area contributed by atoms with Crippen LogP contribution in [-0.2, 0) is 9.53 Å². The van der Waals surface area contributed by atoms with Gasteiger partial charge < -0.3 is 9.47 Å². The van der Waals surface area contributed by atoms with Crippen LogP contribution in [-0.4, -0.2) is 30.4 Å². The minimum absolute atomic E-state index is 0.0841. The molecule has 0 N–H and O–H groups in total. The molecule has 0 aliphatic carbocycles. The van der Waals surface area contributed by atoms with Crippen molar-refractivity contribution in [3.63, 3.8) is 0 Å². The van der Waals surface area contributed by atoms with Crippen molar-refractivity contribution in [3.8, 4) is 5.75 Å². The first-order valence-electron chi connectivity index (χ1n) is 6.15. The van der Waals surface area contributed by atoms with Gasteiger partial charge in [0.1, 0.15) is 16.3 Å². The molecule has 0 saturated heterocycles. The van der Waals surface area contributed by atoms with Gasteiger partial charge in [0.25, 0.3) is 5.69 Å². The van der Waals surface area contributed by atoms with Gasteiger partial charge in [-0.25, -0.2) is 0 Å². The number of unbranched alkanes of at least 4 members (excludes halogenated alkanes) is 1. The second-order valence-electron chi connectivity index (χ2n) is 4.08. The van der Waals surface area contributed by atoms with Crippen molar-refractivity contribution in [2.75, 3.05) is 13.2 Å². The van der Waals surface area contributed by atoms with Gasteiger partial charge in [0.15, 0.2) is 6.29 Å². The van der Waals surface area contributed by atoms with E-state index in [1.165, 1.54) is 19.1 Å². The van der Waals surface area contributed by atoms with Gasteiger partial charge in [0.05, 0.1) is 18.1 Å². The average molecular weight is 316 g/mol. The highest BCUT2D eigenvalue weighted by Gasteiger charge is 2.19. The molecule has 0 heterocycles. The van der Waals surface area contributed by atoms with E-state index in [9.17, 15) is 19.7 Å². The number of hydrogen-bond donors (Lipinski definition) is 0. The Morgan fingerprint density at radius 3 is 2.62 bits per heavy atom. The maximum Gasteiger partial charge on any atom is 0.302 e. The van der Waals surface area contributed by atoms with E-state index < -0.39 is 4.92 Å². The summed E-state index contributed by atoms with van der Waals surface area (Å²) in [5, 5.41) is 10.7. The topological polar surface area (TPSA) is 95.7 Å². The van der Waals surface area contributed by atoms with E-state index >= 15 is 0 Å². The fraction of sp³-hybridized carbons (Fsp3) is 0.385. The lowest BCUT2D eigenvalue weighted by molar-refractivity contribution is -0.385. The van der Waals surface area contributed by atoms with Crippen LogP contribution in [0.25, 0.3) is 0 Å². The fourth-order valence-corrected chi connectivity index (χ4v) is 1.81. The number of ether oxygens (including phenoxy) is 2. The predicted octanol–water partition coefficient (Wildman–Crippen LogP) is 2.78.